The second kappa shape index (κ2) is 11.2. The van der Waals surface area contributed by atoms with Crippen LogP contribution in [-0.4, -0.2) is 98.7 Å². The number of rotatable bonds is 5. The van der Waals surface area contributed by atoms with Gasteiger partial charge in [0, 0.05) is 59.0 Å². The number of nitrogens with zero attached hydrogens (tertiary/aromatic N) is 4. The normalized spacial score (nSPS) is 21.7. The highest BCUT2D eigenvalue weighted by molar-refractivity contribution is 14.0. The lowest BCUT2D eigenvalue weighted by Crippen LogP contribution is -2.55. The Morgan fingerprint density at radius 3 is 2.44 bits per heavy atom. The Morgan fingerprint density at radius 2 is 1.92 bits per heavy atom. The van der Waals surface area contributed by atoms with Crippen molar-refractivity contribution in [1.82, 2.24) is 20.0 Å². The Balaban J connectivity index is 0.00000312. The third kappa shape index (κ3) is 6.56. The third-order valence-corrected chi connectivity index (χ3v) is 4.94. The molecule has 0 spiro atoms. The van der Waals surface area contributed by atoms with Crippen LogP contribution < -0.4 is 5.32 Å². The van der Waals surface area contributed by atoms with Crippen LogP contribution in [0.25, 0.3) is 0 Å². The molecule has 2 aliphatic heterocycles. The van der Waals surface area contributed by atoms with E-state index >= 15 is 0 Å². The number of hydrogen-bond acceptors (Lipinski definition) is 4. The molecule has 7 nitrogen and oxygen atoms in total. The van der Waals surface area contributed by atoms with Crippen molar-refractivity contribution in [2.75, 3.05) is 60.0 Å². The van der Waals surface area contributed by atoms with Gasteiger partial charge >= 0.3 is 0 Å². The lowest BCUT2D eigenvalue weighted by Gasteiger charge is -2.37. The molecule has 8 heteroatoms. The first-order valence-electron chi connectivity index (χ1n) is 9.09. The van der Waals surface area contributed by atoms with Gasteiger partial charge < -0.3 is 24.8 Å². The molecule has 2 aliphatic rings. The number of piperazine rings is 1. The maximum Gasteiger partial charge on any atom is 0.251 e. The fourth-order valence-electron chi connectivity index (χ4n) is 3.05. The topological polar surface area (TPSA) is 60.4 Å². The summed E-state index contributed by atoms with van der Waals surface area (Å²) in [4.78, 5) is 23.2. The van der Waals surface area contributed by atoms with Gasteiger partial charge in [0.15, 0.2) is 5.96 Å². The van der Waals surface area contributed by atoms with Gasteiger partial charge in [0.05, 0.1) is 0 Å². The monoisotopic (exact) mass is 467 g/mol. The molecule has 0 saturated carbocycles. The first-order valence-corrected chi connectivity index (χ1v) is 9.09. The average molecular weight is 467 g/mol. The summed E-state index contributed by atoms with van der Waals surface area (Å²) in [5.74, 6) is 1.09. The Labute approximate surface area is 169 Å². The number of hydrogen-bond donors (Lipinski definition) is 1. The number of amides is 1. The largest absolute Gasteiger partial charge is 0.368 e. The molecule has 2 fully saturated rings. The highest BCUT2D eigenvalue weighted by Gasteiger charge is 2.30. The van der Waals surface area contributed by atoms with Crippen LogP contribution in [0, 0.1) is 0 Å². The molecule has 0 aliphatic carbocycles. The molecule has 2 heterocycles. The van der Waals surface area contributed by atoms with Gasteiger partial charge in [-0.1, -0.05) is 0 Å². The Bertz CT molecular complexity index is 433. The molecule has 146 valence electrons. The second-order valence-electron chi connectivity index (χ2n) is 6.86. The molecular formula is C17H34IN5O2. The number of ether oxygens (including phenoxy) is 1. The summed E-state index contributed by atoms with van der Waals surface area (Å²) >= 11 is 0. The standard InChI is InChI=1S/C17H33N5O2.HI/c1-14(2)20(4)8-7-19-17(18-3)22-11-9-21(10-12-22)16(23)15-6-5-13-24-15;/h14-15H,5-13H2,1-4H3,(H,18,19);1H. The molecule has 0 aromatic heterocycles. The molecule has 2 rings (SSSR count). The number of halogens is 1. The van der Waals surface area contributed by atoms with Crippen molar-refractivity contribution >= 4 is 35.8 Å². The van der Waals surface area contributed by atoms with Gasteiger partial charge in [0.25, 0.3) is 5.91 Å². The number of likely N-dealkylation sites (N-methyl/N-ethyl adjacent to an activating group) is 1. The van der Waals surface area contributed by atoms with E-state index in [1.54, 1.807) is 0 Å². The molecule has 0 aromatic rings. The molecule has 1 N–H and O–H groups in total. The van der Waals surface area contributed by atoms with Crippen LogP contribution in [0.1, 0.15) is 26.7 Å². The van der Waals surface area contributed by atoms with Gasteiger partial charge in [-0.2, -0.15) is 0 Å². The van der Waals surface area contributed by atoms with Crippen LogP contribution in [0.5, 0.6) is 0 Å². The zero-order valence-corrected chi connectivity index (χ0v) is 18.4. The van der Waals surface area contributed by atoms with E-state index in [2.05, 4.69) is 41.0 Å². The predicted molar refractivity (Wildman–Crippen MR) is 112 cm³/mol. The van der Waals surface area contributed by atoms with Crippen LogP contribution in [0.2, 0.25) is 0 Å². The number of carbonyl (C=O) groups excluding carboxylic acids is 1. The number of guanidine groups is 1. The zero-order chi connectivity index (χ0) is 17.5. The molecule has 2 saturated heterocycles. The Morgan fingerprint density at radius 1 is 1.28 bits per heavy atom. The lowest BCUT2D eigenvalue weighted by molar-refractivity contribution is -0.142. The van der Waals surface area contributed by atoms with Crippen LogP contribution in [0.3, 0.4) is 0 Å². The maximum atomic E-state index is 12.4. The van der Waals surface area contributed by atoms with E-state index < -0.39 is 0 Å². The predicted octanol–water partition coefficient (Wildman–Crippen LogP) is 0.843. The van der Waals surface area contributed by atoms with Crippen LogP contribution >= 0.6 is 24.0 Å². The van der Waals surface area contributed by atoms with Crippen molar-refractivity contribution in [2.45, 2.75) is 38.8 Å². The summed E-state index contributed by atoms with van der Waals surface area (Å²) in [5.41, 5.74) is 0. The highest BCUT2D eigenvalue weighted by Crippen LogP contribution is 2.16. The van der Waals surface area contributed by atoms with Crippen molar-refractivity contribution in [3.05, 3.63) is 0 Å². The fraction of sp³-hybridized carbons (Fsp3) is 0.882. The van der Waals surface area contributed by atoms with Crippen molar-refractivity contribution < 1.29 is 9.53 Å². The first-order chi connectivity index (χ1) is 11.5. The van der Waals surface area contributed by atoms with Gasteiger partial charge in [0.2, 0.25) is 0 Å². The smallest absolute Gasteiger partial charge is 0.251 e. The highest BCUT2D eigenvalue weighted by atomic mass is 127. The number of carbonyl (C=O) groups is 1. The maximum absolute atomic E-state index is 12.4. The van der Waals surface area contributed by atoms with Crippen LogP contribution in [0.4, 0.5) is 0 Å². The van der Waals surface area contributed by atoms with E-state index in [1.165, 1.54) is 0 Å². The van der Waals surface area contributed by atoms with E-state index in [9.17, 15) is 4.79 Å². The third-order valence-electron chi connectivity index (χ3n) is 4.94. The van der Waals surface area contributed by atoms with E-state index in [0.717, 1.165) is 64.7 Å². The molecular weight excluding hydrogens is 433 g/mol. The summed E-state index contributed by atoms with van der Waals surface area (Å²) in [7, 11) is 3.95. The van der Waals surface area contributed by atoms with Gasteiger partial charge in [-0.15, -0.1) is 24.0 Å². The molecule has 1 amide bonds. The molecule has 0 bridgehead atoms. The number of aliphatic imine (C=N–C) groups is 1. The average Bonchev–Trinajstić information content (AvgIpc) is 3.12. The zero-order valence-electron chi connectivity index (χ0n) is 16.0. The van der Waals surface area contributed by atoms with E-state index in [0.29, 0.717) is 6.04 Å². The van der Waals surface area contributed by atoms with Gasteiger partial charge in [0.1, 0.15) is 6.10 Å². The molecule has 0 aromatic carbocycles. The summed E-state index contributed by atoms with van der Waals surface area (Å²) in [5, 5.41) is 3.43. The van der Waals surface area contributed by atoms with Crippen molar-refractivity contribution in [3.8, 4) is 0 Å². The van der Waals surface area contributed by atoms with Crippen molar-refractivity contribution in [3.63, 3.8) is 0 Å². The number of nitrogens with one attached hydrogen (secondary N) is 1. The van der Waals surface area contributed by atoms with E-state index in [4.69, 9.17) is 4.74 Å². The molecule has 1 atom stereocenters. The second-order valence-corrected chi connectivity index (χ2v) is 6.86. The van der Waals surface area contributed by atoms with E-state index in [-0.39, 0.29) is 36.0 Å². The van der Waals surface area contributed by atoms with Gasteiger partial charge in [-0.05, 0) is 33.7 Å². The fourth-order valence-corrected chi connectivity index (χ4v) is 3.05. The minimum Gasteiger partial charge on any atom is -0.368 e. The lowest BCUT2D eigenvalue weighted by atomic mass is 10.2. The minimum atomic E-state index is -0.208. The van der Waals surface area contributed by atoms with Crippen molar-refractivity contribution in [2.24, 2.45) is 4.99 Å². The molecule has 0 radical (unpaired) electrons. The van der Waals surface area contributed by atoms with E-state index in [1.807, 2.05) is 11.9 Å². The molecule has 25 heavy (non-hydrogen) atoms. The minimum absolute atomic E-state index is 0. The van der Waals surface area contributed by atoms with Crippen LogP contribution in [-0.2, 0) is 9.53 Å². The summed E-state index contributed by atoms with van der Waals surface area (Å²) < 4.78 is 5.51. The van der Waals surface area contributed by atoms with Crippen LogP contribution in [0.15, 0.2) is 4.99 Å². The first kappa shape index (κ1) is 22.4. The molecule has 1 unspecified atom stereocenters. The summed E-state index contributed by atoms with van der Waals surface area (Å²) in [6, 6.07) is 0.543. The summed E-state index contributed by atoms with van der Waals surface area (Å²) in [6.07, 6.45) is 1.66. The quantitative estimate of drug-likeness (QED) is 0.369. The Kier molecular flexibility index (Phi) is 10.0. The Hall–Kier alpha value is -0.610. The van der Waals surface area contributed by atoms with Crippen molar-refractivity contribution in [1.29, 1.82) is 0 Å². The van der Waals surface area contributed by atoms with Gasteiger partial charge in [-0.25, -0.2) is 0 Å². The summed E-state index contributed by atoms with van der Waals surface area (Å²) in [6.45, 7) is 10.1. The SMILES string of the molecule is CN=C(NCCN(C)C(C)C)N1CCN(C(=O)C2CCCO2)CC1.I. The van der Waals surface area contributed by atoms with Gasteiger partial charge in [-0.3, -0.25) is 9.79 Å².